The molecule has 2 aliphatic rings. The van der Waals surface area contributed by atoms with Crippen molar-refractivity contribution in [1.29, 1.82) is 0 Å². The summed E-state index contributed by atoms with van der Waals surface area (Å²) in [4.78, 5) is 21.0. The monoisotopic (exact) mass is 375 g/mol. The van der Waals surface area contributed by atoms with Gasteiger partial charge in [-0.1, -0.05) is 11.6 Å². The molecule has 0 saturated carbocycles. The van der Waals surface area contributed by atoms with E-state index >= 15 is 0 Å². The molecule has 0 spiro atoms. The van der Waals surface area contributed by atoms with E-state index < -0.39 is 5.82 Å². The zero-order chi connectivity index (χ0) is 18.4. The van der Waals surface area contributed by atoms with Crippen LogP contribution in [0, 0.1) is 5.82 Å². The van der Waals surface area contributed by atoms with Gasteiger partial charge in [0.2, 0.25) is 0 Å². The van der Waals surface area contributed by atoms with E-state index in [0.717, 1.165) is 5.56 Å². The normalized spacial score (nSPS) is 19.8. The minimum absolute atomic E-state index is 0.0689. The largest absolute Gasteiger partial charge is 0.375 e. The van der Waals surface area contributed by atoms with Gasteiger partial charge < -0.3 is 14.5 Å². The number of morpholine rings is 1. The Morgan fingerprint density at radius 1 is 1.31 bits per heavy atom. The van der Waals surface area contributed by atoms with E-state index in [1.165, 1.54) is 6.07 Å². The highest BCUT2D eigenvalue weighted by atomic mass is 35.5. The maximum Gasteiger partial charge on any atom is 0.254 e. The number of halogens is 2. The third kappa shape index (κ3) is 2.93. The summed E-state index contributed by atoms with van der Waals surface area (Å²) in [6.07, 6.45) is 0.0768. The molecule has 1 atom stereocenters. The van der Waals surface area contributed by atoms with E-state index in [2.05, 4.69) is 4.90 Å². The van der Waals surface area contributed by atoms with Gasteiger partial charge in [0, 0.05) is 42.8 Å². The molecule has 2 aromatic rings. The fourth-order valence-corrected chi connectivity index (χ4v) is 3.68. The fourth-order valence-electron chi connectivity index (χ4n) is 3.52. The van der Waals surface area contributed by atoms with Crippen LogP contribution in [0.5, 0.6) is 0 Å². The Morgan fingerprint density at radius 2 is 2.12 bits per heavy atom. The maximum absolute atomic E-state index is 14.6. The van der Waals surface area contributed by atoms with Crippen molar-refractivity contribution < 1.29 is 13.9 Å². The predicted octanol–water partition coefficient (Wildman–Crippen LogP) is 3.35. The Bertz CT molecular complexity index is 889. The molecule has 0 aliphatic carbocycles. The first-order valence-corrected chi connectivity index (χ1v) is 8.93. The third-order valence-electron chi connectivity index (χ3n) is 4.83. The number of hydrogen-bond acceptors (Lipinski definition) is 4. The second kappa shape index (κ2) is 6.52. The second-order valence-electron chi connectivity index (χ2n) is 6.77. The summed E-state index contributed by atoms with van der Waals surface area (Å²) in [6.45, 7) is 4.37. The van der Waals surface area contributed by atoms with Crippen molar-refractivity contribution >= 4 is 23.3 Å². The lowest BCUT2D eigenvalue weighted by Gasteiger charge is -2.32. The lowest BCUT2D eigenvalue weighted by molar-refractivity contribution is 0.0529. The van der Waals surface area contributed by atoms with Gasteiger partial charge in [-0.05, 0) is 31.2 Å². The van der Waals surface area contributed by atoms with Gasteiger partial charge in [0.15, 0.2) is 0 Å². The van der Waals surface area contributed by atoms with Gasteiger partial charge in [0.05, 0.1) is 24.0 Å². The number of ether oxygens (including phenoxy) is 1. The van der Waals surface area contributed by atoms with Crippen LogP contribution in [0.4, 0.5) is 10.2 Å². The average Bonchev–Trinajstić information content (AvgIpc) is 2.89. The van der Waals surface area contributed by atoms with Crippen LogP contribution in [0.1, 0.15) is 22.8 Å². The molecule has 1 aromatic heterocycles. The Morgan fingerprint density at radius 3 is 2.85 bits per heavy atom. The maximum atomic E-state index is 14.6. The Kier molecular flexibility index (Phi) is 4.32. The van der Waals surface area contributed by atoms with Crippen LogP contribution < -0.4 is 4.90 Å². The molecule has 0 N–H and O–H groups in total. The van der Waals surface area contributed by atoms with E-state index in [1.807, 2.05) is 13.0 Å². The Hall–Kier alpha value is -2.18. The molecule has 5 nitrogen and oxygen atoms in total. The highest BCUT2D eigenvalue weighted by Crippen LogP contribution is 2.35. The van der Waals surface area contributed by atoms with Gasteiger partial charge in [-0.3, -0.25) is 4.79 Å². The lowest BCUT2D eigenvalue weighted by Crippen LogP contribution is -2.41. The quantitative estimate of drug-likeness (QED) is 0.807. The number of hydrogen-bond donors (Lipinski definition) is 0. The van der Waals surface area contributed by atoms with Gasteiger partial charge >= 0.3 is 0 Å². The van der Waals surface area contributed by atoms with Crippen molar-refractivity contribution in [2.75, 3.05) is 31.6 Å². The minimum Gasteiger partial charge on any atom is -0.375 e. The minimum atomic E-state index is -0.443. The molecule has 7 heteroatoms. The number of pyridine rings is 1. The van der Waals surface area contributed by atoms with Crippen LogP contribution in [0.3, 0.4) is 0 Å². The first-order chi connectivity index (χ1) is 12.4. The molecule has 3 heterocycles. The molecular formula is C19H19ClFN3O2. The van der Waals surface area contributed by atoms with E-state index in [1.54, 1.807) is 24.1 Å². The number of rotatable bonds is 2. The van der Waals surface area contributed by atoms with E-state index in [-0.39, 0.29) is 12.0 Å². The summed E-state index contributed by atoms with van der Waals surface area (Å²) >= 11 is 5.89. The van der Waals surface area contributed by atoms with Gasteiger partial charge in [0.1, 0.15) is 11.6 Å². The van der Waals surface area contributed by atoms with Crippen molar-refractivity contribution in [3.05, 3.63) is 46.2 Å². The number of fused-ring (bicyclic) bond motifs is 1. The molecule has 1 amide bonds. The molecular weight excluding hydrogens is 357 g/mol. The zero-order valence-electron chi connectivity index (χ0n) is 14.6. The van der Waals surface area contributed by atoms with Crippen molar-refractivity contribution in [3.63, 3.8) is 0 Å². The van der Waals surface area contributed by atoms with Crippen LogP contribution in [-0.4, -0.2) is 48.6 Å². The van der Waals surface area contributed by atoms with Crippen molar-refractivity contribution in [3.8, 4) is 11.3 Å². The van der Waals surface area contributed by atoms with E-state index in [9.17, 15) is 9.18 Å². The summed E-state index contributed by atoms with van der Waals surface area (Å²) in [5.74, 6) is 0.161. The molecule has 1 fully saturated rings. The molecule has 136 valence electrons. The number of aromatic nitrogens is 1. The highest BCUT2D eigenvalue weighted by molar-refractivity contribution is 6.30. The van der Waals surface area contributed by atoms with E-state index in [4.69, 9.17) is 21.3 Å². The Balaban J connectivity index is 1.87. The summed E-state index contributed by atoms with van der Waals surface area (Å²) in [5.41, 5.74) is 2.20. The van der Waals surface area contributed by atoms with Gasteiger partial charge in [-0.2, -0.15) is 0 Å². The number of carbonyl (C=O) groups excluding carboxylic acids is 1. The summed E-state index contributed by atoms with van der Waals surface area (Å²) in [6, 6.07) is 6.35. The van der Waals surface area contributed by atoms with Crippen molar-refractivity contribution in [2.45, 2.75) is 19.6 Å². The third-order valence-corrected chi connectivity index (χ3v) is 5.07. The van der Waals surface area contributed by atoms with Gasteiger partial charge in [-0.25, -0.2) is 9.37 Å². The standard InChI is InChI=1S/C19H19ClFN3O2/c1-11-9-24(5-6-26-11)17-8-14-15(10-23(2)19(14)25)18(22-17)13-4-3-12(20)7-16(13)21/h3-4,7-8,11H,5-6,9-10H2,1-2H3/t11-/m1/s1. The van der Waals surface area contributed by atoms with E-state index in [0.29, 0.717) is 53.9 Å². The van der Waals surface area contributed by atoms with Gasteiger partial charge in [-0.15, -0.1) is 0 Å². The molecule has 0 bridgehead atoms. The fraction of sp³-hybridized carbons (Fsp3) is 0.368. The highest BCUT2D eigenvalue weighted by Gasteiger charge is 2.31. The molecule has 4 rings (SSSR count). The topological polar surface area (TPSA) is 45.7 Å². The molecule has 1 aromatic carbocycles. The molecule has 26 heavy (non-hydrogen) atoms. The molecule has 0 unspecified atom stereocenters. The van der Waals surface area contributed by atoms with Crippen LogP contribution in [0.25, 0.3) is 11.3 Å². The van der Waals surface area contributed by atoms with Crippen LogP contribution >= 0.6 is 11.6 Å². The molecule has 1 saturated heterocycles. The van der Waals surface area contributed by atoms with Crippen molar-refractivity contribution in [2.24, 2.45) is 0 Å². The summed E-state index contributed by atoms with van der Waals surface area (Å²) < 4.78 is 20.2. The Labute approximate surface area is 156 Å². The second-order valence-corrected chi connectivity index (χ2v) is 7.20. The first kappa shape index (κ1) is 17.2. The van der Waals surface area contributed by atoms with Crippen LogP contribution in [0.15, 0.2) is 24.3 Å². The lowest BCUT2D eigenvalue weighted by atomic mass is 10.0. The average molecular weight is 376 g/mol. The zero-order valence-corrected chi connectivity index (χ0v) is 15.4. The molecule has 2 aliphatic heterocycles. The number of amides is 1. The number of anilines is 1. The molecule has 0 radical (unpaired) electrons. The van der Waals surface area contributed by atoms with Gasteiger partial charge in [0.25, 0.3) is 5.91 Å². The smallest absolute Gasteiger partial charge is 0.254 e. The van der Waals surface area contributed by atoms with Crippen LogP contribution in [0.2, 0.25) is 5.02 Å². The number of carbonyl (C=O) groups is 1. The predicted molar refractivity (Wildman–Crippen MR) is 98.1 cm³/mol. The summed E-state index contributed by atoms with van der Waals surface area (Å²) in [5, 5.41) is 0.328. The number of benzene rings is 1. The van der Waals surface area contributed by atoms with Crippen molar-refractivity contribution in [1.82, 2.24) is 9.88 Å². The summed E-state index contributed by atoms with van der Waals surface area (Å²) in [7, 11) is 1.74. The number of nitrogens with zero attached hydrogens (tertiary/aromatic N) is 3. The van der Waals surface area contributed by atoms with Crippen LogP contribution in [-0.2, 0) is 11.3 Å². The first-order valence-electron chi connectivity index (χ1n) is 8.55. The SMILES string of the molecule is C[C@@H]1CN(c2cc3c(c(-c4ccc(Cl)cc4F)n2)CN(C)C3=O)CCO1.